The molecule has 37 nitrogen and oxygen atoms in total. The molecule has 137 heavy (non-hydrogen) atoms. The number of carbonyl (C=O) groups is 4. The second-order valence-electron chi connectivity index (χ2n) is 39.4. The van der Waals surface area contributed by atoms with Gasteiger partial charge in [-0.15, -0.1) is 0 Å². The van der Waals surface area contributed by atoms with E-state index in [1.165, 1.54) is 24.2 Å². The molecule has 3 saturated carbocycles. The molecule has 0 radical (unpaired) electrons. The van der Waals surface area contributed by atoms with E-state index in [-0.39, 0.29) is 140 Å². The number of aliphatic hydroxyl groups excluding tert-OH is 12. The lowest BCUT2D eigenvalue weighted by molar-refractivity contribution is -0.146. The zero-order valence-electron chi connectivity index (χ0n) is 88.4. The van der Waals surface area contributed by atoms with Gasteiger partial charge in [0.15, 0.2) is 33.3 Å². The van der Waals surface area contributed by atoms with Crippen molar-refractivity contribution in [2.75, 3.05) is 172 Å². The molecule has 3 fully saturated rings. The highest BCUT2D eigenvalue weighted by Crippen LogP contribution is 2.47. The fraction of sp³-hybridized carbons (Fsp3) is 0.915. The van der Waals surface area contributed by atoms with E-state index in [1.807, 2.05) is 0 Å². The third-order valence-electron chi connectivity index (χ3n) is 19.2. The molecule has 0 aromatic rings. The first-order valence-corrected chi connectivity index (χ1v) is 68.1. The minimum Gasteiger partial charge on any atom is -0.466 e. The van der Waals surface area contributed by atoms with Crippen molar-refractivity contribution >= 4 is 86.6 Å². The Morgan fingerprint density at radius 1 is 0.438 bits per heavy atom. The normalized spacial score (nSPS) is 16.1. The largest absolute Gasteiger partial charge is 0.508 e. The number of ether oxygens (including phenoxy) is 11. The van der Waals surface area contributed by atoms with Crippen LogP contribution in [0.25, 0.3) is 0 Å². The number of isocyanates is 2. The first-order chi connectivity index (χ1) is 64.4. The van der Waals surface area contributed by atoms with E-state index >= 15 is 0 Å². The molecule has 4 unspecified atom stereocenters. The predicted octanol–water partition coefficient (Wildman–Crippen LogP) is 13.6. The minimum absolute atomic E-state index is 0.00667. The molecule has 3 aliphatic carbocycles. The van der Waals surface area contributed by atoms with Gasteiger partial charge < -0.3 is 130 Å². The molecular formula is C94H194N4O33Si6. The van der Waals surface area contributed by atoms with E-state index in [0.29, 0.717) is 156 Å². The highest BCUT2D eigenvalue weighted by molar-refractivity contribution is 6.88. The van der Waals surface area contributed by atoms with Gasteiger partial charge in [-0.25, -0.2) is 24.4 Å². The number of nitriles is 2. The number of nitrogens with zero attached hydrogens (tertiary/aromatic N) is 4. The van der Waals surface area contributed by atoms with Crippen LogP contribution < -0.4 is 0 Å². The Kier molecular flexibility index (Phi) is 99.7. The Morgan fingerprint density at radius 3 is 1.04 bits per heavy atom. The van der Waals surface area contributed by atoms with Crippen LogP contribution in [0.4, 0.5) is 4.79 Å². The van der Waals surface area contributed by atoms with Crippen LogP contribution in [0.2, 0.25) is 104 Å². The van der Waals surface area contributed by atoms with Gasteiger partial charge in [-0.05, 0) is 283 Å². The molecule has 0 aliphatic heterocycles. The molecule has 0 aromatic heterocycles. The first-order valence-electron chi connectivity index (χ1n) is 49.4. The van der Waals surface area contributed by atoms with Crippen molar-refractivity contribution in [3.63, 3.8) is 0 Å². The molecule has 812 valence electrons. The van der Waals surface area contributed by atoms with Crippen LogP contribution in [0, 0.1) is 51.1 Å². The summed E-state index contributed by atoms with van der Waals surface area (Å²) >= 11 is 0. The fourth-order valence-corrected chi connectivity index (χ4v) is 38.9. The van der Waals surface area contributed by atoms with Crippen molar-refractivity contribution in [2.24, 2.45) is 38.1 Å². The summed E-state index contributed by atoms with van der Waals surface area (Å²) in [7, 11) is -11.5. The lowest BCUT2D eigenvalue weighted by atomic mass is 9.63. The second kappa shape index (κ2) is 93.8. The summed E-state index contributed by atoms with van der Waals surface area (Å²) in [6.07, 6.45) is 28.7. The average Bonchev–Trinajstić information content (AvgIpc) is 1.34. The third kappa shape index (κ3) is 109. The predicted molar refractivity (Wildman–Crippen MR) is 543 cm³/mol. The molecule has 0 aromatic carbocycles. The zero-order chi connectivity index (χ0) is 106. The SMILES string of the molecule is C1CC2CCC1C2.CC(O)COC(C)CO.CC1(C)CC(OC#N)CC(C)(CN=C=O)C1.CCN=C=O.CCOC#N.C[Si](C)(C)O[Si](C)(CCCOCC(CO)(CO)COCCC[Si](C)(O[Si](C)(C)C)O[Si](C)(C)C)O[Si](C)(C)C.O=C(CCCCC(=O)OCCCCO)OCCCCO.O=C(CCCCO)OCCCCO.O=C(OCCCO)OCCCO.OCCCCOCCCCO. The summed E-state index contributed by atoms with van der Waals surface area (Å²) in [5.41, 5.74) is -0.775. The van der Waals surface area contributed by atoms with Gasteiger partial charge in [-0.1, -0.05) is 46.5 Å². The van der Waals surface area contributed by atoms with Crippen molar-refractivity contribution in [3.05, 3.63) is 0 Å². The summed E-state index contributed by atoms with van der Waals surface area (Å²) in [4.78, 5) is 70.2. The minimum atomic E-state index is -2.30. The van der Waals surface area contributed by atoms with Crippen LogP contribution in [-0.2, 0) is 92.5 Å². The van der Waals surface area contributed by atoms with E-state index in [1.54, 1.807) is 72.1 Å². The zero-order valence-corrected chi connectivity index (χ0v) is 94.4. The van der Waals surface area contributed by atoms with Gasteiger partial charge in [0.25, 0.3) is 12.5 Å². The van der Waals surface area contributed by atoms with Crippen LogP contribution >= 0.6 is 0 Å². The number of carbonyl (C=O) groups excluding carboxylic acids is 6. The summed E-state index contributed by atoms with van der Waals surface area (Å²) in [5, 5.41) is 121. The van der Waals surface area contributed by atoms with Crippen molar-refractivity contribution in [1.82, 2.24) is 0 Å². The van der Waals surface area contributed by atoms with E-state index in [2.05, 4.69) is 137 Å². The standard InChI is InChI=1S/C25H64O8Si6.C14H26O6.C12H18N2O2.C9H18O4.C8H18O3.C7H14O5.C7H12.C6H14O3.2C3H5NO/c1-34(2,3)30-38(13,31-35(4,5)6)19-15-17-28-23-25(21-26,22-27)24-29-18-16-20-39(14,32-36(7,8)9)33-37(10,11)12;15-9-3-5-11-19-13(17)7-1-2-8-14(18)20-12-6-4-10-16;1-11(2)4-10(16-8-13)5-12(3,6-11)7-14-9-15;10-6-2-1-5-9(12)13-8-4-3-7-11;9-5-1-3-7-11-8-4-2-6-10;8-3-1-5-11-7(10)12-6-2-4-9;1-2-7-4-3-6(1)5-7;1-5(8)4-9-6(2)3-7;1-2-5-3-4;1-2-4-3-5/h26-27H,15-24H2,1-14H3;15-16H,1-12H2;10H,4-7H2,1-3H3;10-11H,1-8H2;9-10H,1-8H2;8-9H,1-6H2;6-7H,1-5H2;5-8H,3-4H2,1-2H3;2*2H2,1H3. The van der Waals surface area contributed by atoms with E-state index in [0.717, 1.165) is 83.1 Å². The molecule has 0 spiro atoms. The van der Waals surface area contributed by atoms with Crippen molar-refractivity contribution < 1.29 is 159 Å². The van der Waals surface area contributed by atoms with Gasteiger partial charge in [-0.3, -0.25) is 14.4 Å². The van der Waals surface area contributed by atoms with Gasteiger partial charge in [0.1, 0.15) is 6.10 Å². The maximum Gasteiger partial charge on any atom is 0.508 e. The Bertz CT molecular complexity index is 2840. The number of rotatable bonds is 66. The van der Waals surface area contributed by atoms with Crippen molar-refractivity contribution in [2.45, 2.75) is 357 Å². The number of aliphatic hydroxyl groups is 12. The molecule has 2 bridgehead atoms. The third-order valence-corrected chi connectivity index (χ3v) is 38.4. The molecule has 12 N–H and O–H groups in total. The summed E-state index contributed by atoms with van der Waals surface area (Å²) < 4.78 is 81.4. The number of hydrogen-bond acceptors (Lipinski definition) is 37. The van der Waals surface area contributed by atoms with Gasteiger partial charge in [0.2, 0.25) is 12.2 Å². The van der Waals surface area contributed by atoms with Crippen LogP contribution in [0.5, 0.6) is 0 Å². The van der Waals surface area contributed by atoms with Gasteiger partial charge in [0.05, 0.1) is 103 Å². The summed E-state index contributed by atoms with van der Waals surface area (Å²) in [5.74, 6) is 1.60. The monoisotopic (exact) mass is 2080 g/mol. The van der Waals surface area contributed by atoms with Gasteiger partial charge in [0, 0.05) is 118 Å². The first kappa shape index (κ1) is 145. The second-order valence-corrected chi connectivity index (χ2v) is 65.1. The summed E-state index contributed by atoms with van der Waals surface area (Å²) in [6, 6.07) is 1.73. The molecular weight excluding hydrogens is 1880 g/mol. The van der Waals surface area contributed by atoms with E-state index in [9.17, 15) is 34.2 Å². The molecule has 3 rings (SSSR count). The van der Waals surface area contributed by atoms with Gasteiger partial charge >= 0.3 is 41.2 Å². The van der Waals surface area contributed by atoms with Crippen LogP contribution in [0.15, 0.2) is 9.98 Å². The molecule has 0 heterocycles. The lowest BCUT2D eigenvalue weighted by Gasteiger charge is -2.44. The Labute approximate surface area is 830 Å². The molecule has 3 aliphatic rings. The topological polar surface area (TPSA) is 556 Å². The number of hydrogen-bond donors (Lipinski definition) is 12. The quantitative estimate of drug-likeness (QED) is 0.00512. The number of fused-ring (bicyclic) bond motifs is 2. The van der Waals surface area contributed by atoms with Gasteiger partial charge in [-0.2, -0.15) is 10.5 Å². The highest BCUT2D eigenvalue weighted by atomic mass is 28.5. The van der Waals surface area contributed by atoms with Crippen LogP contribution in [-0.4, -0.2) is 338 Å². The Morgan fingerprint density at radius 2 is 0.774 bits per heavy atom. The molecule has 4 atom stereocenters. The van der Waals surface area contributed by atoms with Crippen LogP contribution in [0.3, 0.4) is 0 Å². The smallest absolute Gasteiger partial charge is 0.466 e. The highest BCUT2D eigenvalue weighted by Gasteiger charge is 2.44. The van der Waals surface area contributed by atoms with Crippen LogP contribution in [0.1, 0.15) is 235 Å². The number of esters is 3. The Hall–Kier alpha value is -4.48. The molecule has 0 amide bonds. The maximum absolute atomic E-state index is 11.3. The number of aliphatic imine (C=N–C) groups is 2. The Balaban J connectivity index is -0.000000294. The van der Waals surface area contributed by atoms with Crippen molar-refractivity contribution in [1.29, 1.82) is 10.5 Å². The van der Waals surface area contributed by atoms with Crippen molar-refractivity contribution in [3.8, 4) is 12.5 Å². The van der Waals surface area contributed by atoms with E-state index < -0.39 is 68.1 Å². The summed E-state index contributed by atoms with van der Waals surface area (Å²) in [6.45, 7) is 51.0. The number of unbranched alkanes of at least 4 members (excludes halogenated alkanes) is 7. The maximum atomic E-state index is 11.3. The lowest BCUT2D eigenvalue weighted by Crippen LogP contribution is -2.52. The average molecular weight is 2080 g/mol. The fourth-order valence-electron chi connectivity index (χ4n) is 13.9. The van der Waals surface area contributed by atoms with E-state index in [4.69, 9.17) is 121 Å². The molecule has 0 saturated heterocycles. The molecule has 43 heteroatoms.